The molecule has 0 aliphatic heterocycles. The lowest BCUT2D eigenvalue weighted by molar-refractivity contribution is -0.126. The molecule has 0 bridgehead atoms. The van der Waals surface area contributed by atoms with E-state index in [-0.39, 0.29) is 23.1 Å². The van der Waals surface area contributed by atoms with Crippen LogP contribution in [0.2, 0.25) is 0 Å². The average molecular weight is 450 g/mol. The summed E-state index contributed by atoms with van der Waals surface area (Å²) in [4.78, 5) is 25.1. The van der Waals surface area contributed by atoms with Crippen molar-refractivity contribution in [1.82, 2.24) is 5.32 Å². The molecule has 0 saturated heterocycles. The predicted octanol–water partition coefficient (Wildman–Crippen LogP) is 4.89. The van der Waals surface area contributed by atoms with Crippen LogP contribution < -0.4 is 11.1 Å². The number of benzene rings is 2. The molecule has 0 atom stereocenters. The van der Waals surface area contributed by atoms with Gasteiger partial charge in [0.2, 0.25) is 5.91 Å². The first-order chi connectivity index (χ1) is 15.6. The molecule has 6 heteroatoms. The number of nitrogen functional groups attached to an aromatic ring is 1. The third-order valence-electron chi connectivity index (χ3n) is 6.71. The fraction of sp³-hybridized carbons (Fsp3) is 0.444. The van der Waals surface area contributed by atoms with E-state index in [0.29, 0.717) is 23.6 Å². The molecule has 176 valence electrons. The Kier molecular flexibility index (Phi) is 7.57. The Balaban J connectivity index is 1.75. The third-order valence-corrected chi connectivity index (χ3v) is 6.71. The fourth-order valence-electron chi connectivity index (χ4n) is 4.62. The Hall–Kier alpha value is -3.15. The van der Waals surface area contributed by atoms with Crippen molar-refractivity contribution < 1.29 is 14.3 Å². The lowest BCUT2D eigenvalue weighted by Crippen LogP contribution is -2.35. The maximum atomic E-state index is 12.8. The lowest BCUT2D eigenvalue weighted by atomic mass is 9.69. The van der Waals surface area contributed by atoms with E-state index in [4.69, 9.17) is 15.9 Å². The number of hydrogen-bond acceptors (Lipinski definition) is 4. The van der Waals surface area contributed by atoms with Crippen LogP contribution in [0.3, 0.4) is 0 Å². The van der Waals surface area contributed by atoms with Crippen molar-refractivity contribution in [2.45, 2.75) is 53.0 Å². The van der Waals surface area contributed by atoms with Crippen LogP contribution in [0.15, 0.2) is 42.5 Å². The van der Waals surface area contributed by atoms with Crippen LogP contribution in [0.4, 0.5) is 0 Å². The number of amides is 1. The summed E-state index contributed by atoms with van der Waals surface area (Å²) in [5.41, 5.74) is 9.40. The van der Waals surface area contributed by atoms with Gasteiger partial charge < -0.3 is 15.8 Å². The topological polar surface area (TPSA) is 105 Å². The lowest BCUT2D eigenvalue weighted by Gasteiger charge is -2.36. The monoisotopic (exact) mass is 449 g/mol. The van der Waals surface area contributed by atoms with Crippen molar-refractivity contribution in [2.75, 3.05) is 7.11 Å². The standard InChI is InChI=1S/C27H35N3O3/c1-27(2,3)23-10-8-18(9-11-23)25(31)30-16-17-12-21(15-22(13-17)26(32)33-4)19-6-5-7-20(14-19)24(28)29/h5-7,12-15,18,23H,8-11,16H2,1-4H3,(H3,28,29)(H,30,31). The molecule has 0 spiro atoms. The number of rotatable bonds is 6. The van der Waals surface area contributed by atoms with Crippen LogP contribution in [0.1, 0.15) is 67.9 Å². The third kappa shape index (κ3) is 6.21. The summed E-state index contributed by atoms with van der Waals surface area (Å²) in [7, 11) is 1.35. The first kappa shape index (κ1) is 24.5. The Morgan fingerprint density at radius 3 is 2.30 bits per heavy atom. The van der Waals surface area contributed by atoms with Gasteiger partial charge in [0.15, 0.2) is 0 Å². The zero-order valence-corrected chi connectivity index (χ0v) is 20.0. The van der Waals surface area contributed by atoms with Gasteiger partial charge in [0, 0.05) is 18.0 Å². The summed E-state index contributed by atoms with van der Waals surface area (Å²) < 4.78 is 4.92. The number of carbonyl (C=O) groups excluding carboxylic acids is 2. The van der Waals surface area contributed by atoms with Gasteiger partial charge in [-0.2, -0.15) is 0 Å². The van der Waals surface area contributed by atoms with E-state index in [1.807, 2.05) is 24.3 Å². The highest BCUT2D eigenvalue weighted by atomic mass is 16.5. The number of esters is 1. The molecule has 6 nitrogen and oxygen atoms in total. The van der Waals surface area contributed by atoms with Gasteiger partial charge in [-0.05, 0) is 78.0 Å². The van der Waals surface area contributed by atoms with E-state index < -0.39 is 5.97 Å². The highest BCUT2D eigenvalue weighted by Gasteiger charge is 2.32. The Bertz CT molecular complexity index is 1030. The van der Waals surface area contributed by atoms with Crippen molar-refractivity contribution in [3.05, 3.63) is 59.2 Å². The van der Waals surface area contributed by atoms with Gasteiger partial charge in [-0.3, -0.25) is 10.2 Å². The summed E-state index contributed by atoms with van der Waals surface area (Å²) in [6, 6.07) is 12.8. The van der Waals surface area contributed by atoms with Crippen molar-refractivity contribution in [3.63, 3.8) is 0 Å². The molecule has 1 amide bonds. The maximum Gasteiger partial charge on any atom is 0.337 e. The normalized spacial score (nSPS) is 18.4. The molecule has 3 rings (SSSR count). The number of ether oxygens (including phenoxy) is 1. The molecule has 1 aliphatic carbocycles. The second-order valence-corrected chi connectivity index (χ2v) is 10.0. The number of amidine groups is 1. The molecule has 0 radical (unpaired) electrons. The van der Waals surface area contributed by atoms with Gasteiger partial charge in [0.25, 0.3) is 0 Å². The minimum absolute atomic E-state index is 0.0189. The fourth-order valence-corrected chi connectivity index (χ4v) is 4.62. The molecule has 1 fully saturated rings. The van der Waals surface area contributed by atoms with Crippen LogP contribution >= 0.6 is 0 Å². The minimum Gasteiger partial charge on any atom is -0.465 e. The van der Waals surface area contributed by atoms with E-state index in [0.717, 1.165) is 42.4 Å². The highest BCUT2D eigenvalue weighted by molar-refractivity contribution is 5.96. The summed E-state index contributed by atoms with van der Waals surface area (Å²) in [6.45, 7) is 7.16. The molecule has 1 saturated carbocycles. The number of nitrogens with two attached hydrogens (primary N) is 1. The van der Waals surface area contributed by atoms with Gasteiger partial charge in [0.05, 0.1) is 12.7 Å². The first-order valence-electron chi connectivity index (χ1n) is 11.5. The van der Waals surface area contributed by atoms with Crippen molar-refractivity contribution >= 4 is 17.7 Å². The molecule has 0 unspecified atom stereocenters. The van der Waals surface area contributed by atoms with Crippen LogP contribution in [0.25, 0.3) is 11.1 Å². The van der Waals surface area contributed by atoms with E-state index in [9.17, 15) is 9.59 Å². The van der Waals surface area contributed by atoms with E-state index in [1.54, 1.807) is 18.2 Å². The quantitative estimate of drug-likeness (QED) is 0.332. The molecule has 1 aliphatic rings. The predicted molar refractivity (Wildman–Crippen MR) is 131 cm³/mol. The zero-order chi connectivity index (χ0) is 24.2. The van der Waals surface area contributed by atoms with Gasteiger partial charge in [-0.15, -0.1) is 0 Å². The second kappa shape index (κ2) is 10.2. The molecule has 0 heterocycles. The maximum absolute atomic E-state index is 12.8. The van der Waals surface area contributed by atoms with Crippen LogP contribution in [-0.2, 0) is 16.1 Å². The molecule has 33 heavy (non-hydrogen) atoms. The second-order valence-electron chi connectivity index (χ2n) is 10.0. The van der Waals surface area contributed by atoms with Crippen LogP contribution in [-0.4, -0.2) is 24.8 Å². The van der Waals surface area contributed by atoms with Gasteiger partial charge in [-0.1, -0.05) is 39.0 Å². The molecule has 4 N–H and O–H groups in total. The Morgan fingerprint density at radius 1 is 1.03 bits per heavy atom. The average Bonchev–Trinajstić information content (AvgIpc) is 2.81. The number of carbonyl (C=O) groups is 2. The van der Waals surface area contributed by atoms with Crippen LogP contribution in [0, 0.1) is 22.7 Å². The molecule has 2 aromatic rings. The molecular weight excluding hydrogens is 414 g/mol. The van der Waals surface area contributed by atoms with Gasteiger partial charge in [0.1, 0.15) is 5.84 Å². The van der Waals surface area contributed by atoms with Gasteiger partial charge >= 0.3 is 5.97 Å². The van der Waals surface area contributed by atoms with Crippen molar-refractivity contribution in [1.29, 1.82) is 5.41 Å². The minimum atomic E-state index is -0.437. The molecule has 2 aromatic carbocycles. The molecule has 0 aromatic heterocycles. The SMILES string of the molecule is COC(=O)c1cc(CNC(=O)C2CCC(C(C)(C)C)CC2)cc(-c2cccc(C(=N)N)c2)c1. The largest absolute Gasteiger partial charge is 0.465 e. The van der Waals surface area contributed by atoms with Crippen LogP contribution in [0.5, 0.6) is 0 Å². The molecular formula is C27H35N3O3. The summed E-state index contributed by atoms with van der Waals surface area (Å²) in [6.07, 6.45) is 3.99. The Labute approximate surface area is 196 Å². The summed E-state index contributed by atoms with van der Waals surface area (Å²) in [5, 5.41) is 10.8. The smallest absolute Gasteiger partial charge is 0.337 e. The van der Waals surface area contributed by atoms with E-state index >= 15 is 0 Å². The van der Waals surface area contributed by atoms with Crippen molar-refractivity contribution in [3.8, 4) is 11.1 Å². The summed E-state index contributed by atoms with van der Waals surface area (Å²) >= 11 is 0. The van der Waals surface area contributed by atoms with Gasteiger partial charge in [-0.25, -0.2) is 4.79 Å². The van der Waals surface area contributed by atoms with E-state index in [2.05, 4.69) is 26.1 Å². The first-order valence-corrected chi connectivity index (χ1v) is 11.5. The van der Waals surface area contributed by atoms with E-state index in [1.165, 1.54) is 7.11 Å². The summed E-state index contributed by atoms with van der Waals surface area (Å²) in [5.74, 6) is 0.318. The highest BCUT2D eigenvalue weighted by Crippen LogP contribution is 2.39. The number of hydrogen-bond donors (Lipinski definition) is 3. The number of methoxy groups -OCH3 is 1. The Morgan fingerprint density at radius 2 is 1.70 bits per heavy atom. The number of nitrogens with one attached hydrogen (secondary N) is 2. The van der Waals surface area contributed by atoms with Crippen molar-refractivity contribution in [2.24, 2.45) is 23.0 Å². The zero-order valence-electron chi connectivity index (χ0n) is 20.0.